The third-order valence-electron chi connectivity index (χ3n) is 0.157. The van der Waals surface area contributed by atoms with Gasteiger partial charge in [-0.1, -0.05) is 35.1 Å². The molecule has 0 spiro atoms. The summed E-state index contributed by atoms with van der Waals surface area (Å²) in [5.41, 5.74) is 0. The second kappa shape index (κ2) is 2.79. The fraction of sp³-hybridized carbons (Fsp3) is 0.333. The average Bonchev–Trinajstić information content (AvgIpc) is 1.38. The van der Waals surface area contributed by atoms with E-state index in [2.05, 4.69) is 35.1 Å². The van der Waals surface area contributed by atoms with E-state index >= 15 is 0 Å². The maximum absolute atomic E-state index is 4.53. The topological polar surface area (TPSA) is 0 Å². The molecule has 0 aromatic carbocycles. The predicted molar refractivity (Wildman–Crippen MR) is 30.5 cm³/mol. The third-order valence-corrected chi connectivity index (χ3v) is 1.16. The van der Waals surface area contributed by atoms with Crippen molar-refractivity contribution < 1.29 is 0 Å². The number of rotatable bonds is 1. The predicted octanol–water partition coefficient (Wildman–Crippen LogP) is 2.09. The molecule has 29 valence electrons. The summed E-state index contributed by atoms with van der Waals surface area (Å²) in [5.74, 6) is 0.611. The Morgan fingerprint density at radius 2 is 2.20 bits per heavy atom. The van der Waals surface area contributed by atoms with E-state index in [0.29, 0.717) is 5.75 Å². The molecule has 0 amide bonds. The van der Waals surface area contributed by atoms with E-state index in [9.17, 15) is 0 Å². The van der Waals surface area contributed by atoms with Crippen molar-refractivity contribution in [2.45, 2.75) is 0 Å². The highest BCUT2D eigenvalue weighted by molar-refractivity contribution is 9.11. The molecule has 0 heterocycles. The summed E-state index contributed by atoms with van der Waals surface area (Å²) < 4.78 is 0.882. The van der Waals surface area contributed by atoms with Crippen LogP contribution in [0.1, 0.15) is 0 Å². The van der Waals surface area contributed by atoms with Crippen molar-refractivity contribution in [3.05, 3.63) is 11.1 Å². The van der Waals surface area contributed by atoms with Gasteiger partial charge in [0.15, 0.2) is 0 Å². The van der Waals surface area contributed by atoms with Crippen LogP contribution in [0.15, 0.2) is 11.1 Å². The Bertz CT molecular complexity index is 42.2. The fourth-order valence-electron chi connectivity index (χ4n) is 0. The zero-order valence-corrected chi connectivity index (χ0v) is 5.10. The quantitative estimate of drug-likeness (QED) is 0.539. The van der Waals surface area contributed by atoms with Gasteiger partial charge in [0.2, 0.25) is 0 Å². The monoisotopic (exact) mass is 151 g/mol. The molecular weight excluding hydrogens is 148 g/mol. The van der Waals surface area contributed by atoms with Gasteiger partial charge in [0, 0.05) is 5.75 Å². The molecule has 0 aromatic heterocycles. The Morgan fingerprint density at radius 1 is 2.00 bits per heavy atom. The SMILES string of the molecule is C=C(Br)C[S]. The minimum absolute atomic E-state index is 0.611. The number of hydrogen-bond acceptors (Lipinski definition) is 0. The molecule has 0 saturated carbocycles. The van der Waals surface area contributed by atoms with Gasteiger partial charge in [-0.15, -0.1) is 0 Å². The first-order chi connectivity index (χ1) is 2.27. The molecule has 0 atom stereocenters. The Hall–Kier alpha value is 0.570. The van der Waals surface area contributed by atoms with E-state index in [1.165, 1.54) is 0 Å². The van der Waals surface area contributed by atoms with E-state index in [1.54, 1.807) is 0 Å². The van der Waals surface area contributed by atoms with Crippen LogP contribution in [0.2, 0.25) is 0 Å². The van der Waals surface area contributed by atoms with Gasteiger partial charge in [-0.2, -0.15) is 0 Å². The van der Waals surface area contributed by atoms with Gasteiger partial charge in [0.1, 0.15) is 0 Å². The van der Waals surface area contributed by atoms with Crippen LogP contribution in [0, 0.1) is 0 Å². The van der Waals surface area contributed by atoms with Crippen molar-refractivity contribution in [2.75, 3.05) is 5.75 Å². The van der Waals surface area contributed by atoms with Gasteiger partial charge in [-0.05, 0) is 4.48 Å². The molecule has 0 fully saturated rings. The van der Waals surface area contributed by atoms with Crippen LogP contribution in [0.4, 0.5) is 0 Å². The largest absolute Gasteiger partial charge is 0.0884 e. The molecule has 0 N–H and O–H groups in total. The van der Waals surface area contributed by atoms with Crippen LogP contribution in [0.3, 0.4) is 0 Å². The highest BCUT2D eigenvalue weighted by atomic mass is 79.9. The van der Waals surface area contributed by atoms with Gasteiger partial charge in [0.05, 0.1) is 0 Å². The van der Waals surface area contributed by atoms with E-state index in [4.69, 9.17) is 0 Å². The van der Waals surface area contributed by atoms with Crippen molar-refractivity contribution in [3.8, 4) is 0 Å². The summed E-state index contributed by atoms with van der Waals surface area (Å²) >= 11 is 7.60. The lowest BCUT2D eigenvalue weighted by molar-refractivity contribution is 1.80. The van der Waals surface area contributed by atoms with Crippen LogP contribution in [0.25, 0.3) is 0 Å². The van der Waals surface area contributed by atoms with Crippen molar-refractivity contribution in [1.29, 1.82) is 0 Å². The van der Waals surface area contributed by atoms with Crippen LogP contribution < -0.4 is 0 Å². The van der Waals surface area contributed by atoms with Crippen molar-refractivity contribution in [1.82, 2.24) is 0 Å². The Labute approximate surface area is 45.8 Å². The molecule has 2 heteroatoms. The molecule has 5 heavy (non-hydrogen) atoms. The van der Waals surface area contributed by atoms with Crippen molar-refractivity contribution >= 4 is 28.6 Å². The zero-order valence-electron chi connectivity index (χ0n) is 2.70. The molecule has 0 bridgehead atoms. The van der Waals surface area contributed by atoms with Crippen LogP contribution >= 0.6 is 28.6 Å². The summed E-state index contributed by atoms with van der Waals surface area (Å²) in [6.45, 7) is 3.49. The smallest absolute Gasteiger partial charge is 0.0349 e. The van der Waals surface area contributed by atoms with Gasteiger partial charge >= 0.3 is 0 Å². The van der Waals surface area contributed by atoms with E-state index in [1.807, 2.05) is 0 Å². The molecule has 0 nitrogen and oxygen atoms in total. The van der Waals surface area contributed by atoms with Crippen LogP contribution in [-0.2, 0) is 0 Å². The zero-order chi connectivity index (χ0) is 4.28. The lowest BCUT2D eigenvalue weighted by atomic mass is 10.8. The Kier molecular flexibility index (Phi) is 3.11. The van der Waals surface area contributed by atoms with Gasteiger partial charge in [-0.25, -0.2) is 0 Å². The normalized spacial score (nSPS) is 7.60. The lowest BCUT2D eigenvalue weighted by Crippen LogP contribution is -1.60. The molecule has 1 radical (unpaired) electrons. The van der Waals surface area contributed by atoms with Crippen molar-refractivity contribution in [3.63, 3.8) is 0 Å². The number of hydrogen-bond donors (Lipinski definition) is 0. The third kappa shape index (κ3) is 4.57. The molecule has 0 rings (SSSR count). The maximum atomic E-state index is 4.53. The second-order valence-electron chi connectivity index (χ2n) is 0.662. The highest BCUT2D eigenvalue weighted by Crippen LogP contribution is 1.99. The van der Waals surface area contributed by atoms with Crippen LogP contribution in [0.5, 0.6) is 0 Å². The van der Waals surface area contributed by atoms with Crippen LogP contribution in [-0.4, -0.2) is 5.75 Å². The van der Waals surface area contributed by atoms with E-state index in [-0.39, 0.29) is 0 Å². The summed E-state index contributed by atoms with van der Waals surface area (Å²) in [4.78, 5) is 0. The molecule has 0 saturated heterocycles. The summed E-state index contributed by atoms with van der Waals surface area (Å²) in [7, 11) is 0. The maximum Gasteiger partial charge on any atom is 0.0349 e. The first-order valence-electron chi connectivity index (χ1n) is 1.18. The molecule has 0 aromatic rings. The van der Waals surface area contributed by atoms with E-state index < -0.39 is 0 Å². The van der Waals surface area contributed by atoms with Crippen molar-refractivity contribution in [2.24, 2.45) is 0 Å². The molecule has 0 unspecified atom stereocenters. The lowest BCUT2D eigenvalue weighted by Gasteiger charge is -1.74. The van der Waals surface area contributed by atoms with Gasteiger partial charge in [0.25, 0.3) is 0 Å². The Balaban J connectivity index is 2.85. The minimum atomic E-state index is 0.611. The van der Waals surface area contributed by atoms with Gasteiger partial charge < -0.3 is 0 Å². The first kappa shape index (κ1) is 5.57. The summed E-state index contributed by atoms with van der Waals surface area (Å²) in [6, 6.07) is 0. The standard InChI is InChI=1S/C3H4BrS/c1-3(4)2-5/h1-2H2. The Morgan fingerprint density at radius 3 is 2.20 bits per heavy atom. The molecule has 0 aliphatic rings. The summed E-state index contributed by atoms with van der Waals surface area (Å²) in [6.07, 6.45) is 0. The van der Waals surface area contributed by atoms with Gasteiger partial charge in [-0.3, -0.25) is 0 Å². The molecular formula is C3H4BrS. The molecule has 0 aliphatic carbocycles. The highest BCUT2D eigenvalue weighted by Gasteiger charge is 1.72. The number of halogens is 1. The second-order valence-corrected chi connectivity index (χ2v) is 2.07. The van der Waals surface area contributed by atoms with E-state index in [0.717, 1.165) is 4.48 Å². The first-order valence-corrected chi connectivity index (χ1v) is 2.56. The summed E-state index contributed by atoms with van der Waals surface area (Å²) in [5, 5.41) is 0. The molecule has 0 aliphatic heterocycles. The minimum Gasteiger partial charge on any atom is -0.0884 e. The average molecular weight is 152 g/mol. The fourth-order valence-corrected chi connectivity index (χ4v) is 0.